The number of carboxylic acids is 1. The van der Waals surface area contributed by atoms with E-state index in [0.29, 0.717) is 36.5 Å². The molecule has 54 heavy (non-hydrogen) atoms. The summed E-state index contributed by atoms with van der Waals surface area (Å²) in [4.78, 5) is 23.6. The summed E-state index contributed by atoms with van der Waals surface area (Å²) >= 11 is 6.01. The molecule has 4 aromatic carbocycles. The quantitative estimate of drug-likeness (QED) is 0.0603. The van der Waals surface area contributed by atoms with E-state index in [9.17, 15) is 41.4 Å². The zero-order valence-electron chi connectivity index (χ0n) is 28.1. The van der Waals surface area contributed by atoms with E-state index in [1.165, 1.54) is 36.4 Å². The van der Waals surface area contributed by atoms with Crippen molar-refractivity contribution in [1.29, 1.82) is 0 Å². The molecular formula is C37H32ClF5N2O8S. The highest BCUT2D eigenvalue weighted by Gasteiger charge is 2.42. The number of halogens is 6. The molecule has 0 bridgehead atoms. The van der Waals surface area contributed by atoms with E-state index < -0.39 is 86.2 Å². The molecule has 2 fully saturated rings. The highest BCUT2D eigenvalue weighted by atomic mass is 35.5. The monoisotopic (exact) mass is 794 g/mol. The van der Waals surface area contributed by atoms with Crippen molar-refractivity contribution < 1.29 is 59.6 Å². The molecule has 2 aliphatic rings. The first-order chi connectivity index (χ1) is 25.6. The Hall–Kier alpha value is -4.93. The van der Waals surface area contributed by atoms with Gasteiger partial charge < -0.3 is 25.0 Å². The fraction of sp³-hybridized carbons (Fsp3) is 0.297. The molecular weight excluding hydrogens is 763 g/mol. The van der Waals surface area contributed by atoms with Crippen molar-refractivity contribution in [2.24, 2.45) is 11.8 Å². The van der Waals surface area contributed by atoms with Crippen LogP contribution in [0, 0.1) is 40.9 Å². The average Bonchev–Trinajstić information content (AvgIpc) is 4.06. The first-order valence-electron chi connectivity index (χ1n) is 16.7. The van der Waals surface area contributed by atoms with Crippen LogP contribution in [0.1, 0.15) is 47.2 Å². The second kappa shape index (κ2) is 15.8. The van der Waals surface area contributed by atoms with E-state index in [1.54, 1.807) is 6.07 Å². The maximum atomic E-state index is 15.3. The van der Waals surface area contributed by atoms with Gasteiger partial charge in [-0.2, -0.15) is 4.31 Å². The van der Waals surface area contributed by atoms with Crippen molar-refractivity contribution in [3.63, 3.8) is 0 Å². The van der Waals surface area contributed by atoms with Gasteiger partial charge in [0.15, 0.2) is 28.2 Å². The maximum Gasteiger partial charge on any atom is 0.339 e. The van der Waals surface area contributed by atoms with Crippen LogP contribution in [-0.4, -0.2) is 54.1 Å². The summed E-state index contributed by atoms with van der Waals surface area (Å²) < 4.78 is 115. The molecule has 0 aliphatic heterocycles. The van der Waals surface area contributed by atoms with E-state index in [-0.39, 0.29) is 26.1 Å². The summed E-state index contributed by atoms with van der Waals surface area (Å²) in [5.41, 5.74) is -0.415. The fourth-order valence-corrected chi connectivity index (χ4v) is 7.35. The lowest BCUT2D eigenvalue weighted by Crippen LogP contribution is -2.48. The third kappa shape index (κ3) is 8.88. The smallest absolute Gasteiger partial charge is 0.339 e. The number of nitrogens with zero attached hydrogens (tertiary/aromatic N) is 1. The Balaban J connectivity index is 1.48. The third-order valence-electron chi connectivity index (χ3n) is 8.87. The summed E-state index contributed by atoms with van der Waals surface area (Å²) in [5, 5.41) is 22.2. The summed E-state index contributed by atoms with van der Waals surface area (Å²) in [6, 6.07) is 10.9. The molecule has 2 saturated carbocycles. The van der Waals surface area contributed by atoms with E-state index in [1.807, 2.05) is 0 Å². The molecule has 17 heteroatoms. The van der Waals surface area contributed by atoms with Crippen LogP contribution in [0.2, 0.25) is 5.02 Å². The predicted molar refractivity (Wildman–Crippen MR) is 184 cm³/mol. The number of amides is 1. The number of rotatable bonds is 16. The van der Waals surface area contributed by atoms with E-state index in [0.717, 1.165) is 43.9 Å². The lowest BCUT2D eigenvalue weighted by Gasteiger charge is -2.31. The third-order valence-corrected chi connectivity index (χ3v) is 11.0. The van der Waals surface area contributed by atoms with Gasteiger partial charge in [0.1, 0.15) is 28.9 Å². The number of sulfonamides is 1. The molecule has 6 rings (SSSR count). The first kappa shape index (κ1) is 38.8. The van der Waals surface area contributed by atoms with Gasteiger partial charge in [-0.15, -0.1) is 0 Å². The molecule has 3 N–H and O–H groups in total. The van der Waals surface area contributed by atoms with Crippen molar-refractivity contribution in [3.05, 3.63) is 111 Å². The van der Waals surface area contributed by atoms with Crippen LogP contribution in [0.5, 0.6) is 17.2 Å². The molecule has 2 aliphatic carbocycles. The summed E-state index contributed by atoms with van der Waals surface area (Å²) in [7, 11) is -5.81. The van der Waals surface area contributed by atoms with E-state index >= 15 is 8.78 Å². The van der Waals surface area contributed by atoms with Crippen LogP contribution in [0.25, 0.3) is 0 Å². The summed E-state index contributed by atoms with van der Waals surface area (Å²) in [5.74, 6) is -15.1. The van der Waals surface area contributed by atoms with Crippen molar-refractivity contribution in [2.45, 2.75) is 49.6 Å². The minimum Gasteiger partial charge on any atom is -0.507 e. The topological polar surface area (TPSA) is 142 Å². The number of carbonyl (C=O) groups is 2. The minimum atomic E-state index is -5.81. The van der Waals surface area contributed by atoms with E-state index in [4.69, 9.17) is 21.1 Å². The molecule has 286 valence electrons. The molecule has 4 aromatic rings. The highest BCUT2D eigenvalue weighted by molar-refractivity contribution is 7.89. The van der Waals surface area contributed by atoms with Crippen LogP contribution < -0.4 is 14.8 Å². The number of anilines is 1. The highest BCUT2D eigenvalue weighted by Crippen LogP contribution is 2.36. The molecule has 1 amide bonds. The molecule has 0 saturated heterocycles. The van der Waals surface area contributed by atoms with Gasteiger partial charge in [0.2, 0.25) is 21.7 Å². The summed E-state index contributed by atoms with van der Waals surface area (Å²) in [6.45, 7) is -0.117. The first-order valence-corrected chi connectivity index (χ1v) is 18.5. The SMILES string of the molecule is O=C(O)c1ccc(NC(=O)C(Cc2cc(OCC3CC3)cc(OCC3CC3)c2)N(Cc2ccc(Cl)cc2)S(=O)(=O)c2c(F)c(F)c(F)c(F)c2F)cc1O. The van der Waals surface area contributed by atoms with Gasteiger partial charge in [-0.1, -0.05) is 23.7 Å². The van der Waals surface area contributed by atoms with Gasteiger partial charge in [0, 0.05) is 29.4 Å². The van der Waals surface area contributed by atoms with Gasteiger partial charge in [-0.3, -0.25) is 4.79 Å². The van der Waals surface area contributed by atoms with Gasteiger partial charge in [0.05, 0.1) is 13.2 Å². The Kier molecular flexibility index (Phi) is 11.4. The zero-order chi connectivity index (χ0) is 38.9. The largest absolute Gasteiger partial charge is 0.507 e. The van der Waals surface area contributed by atoms with Crippen molar-refractivity contribution >= 4 is 39.2 Å². The molecule has 1 atom stereocenters. The van der Waals surface area contributed by atoms with E-state index in [2.05, 4.69) is 5.32 Å². The second-order valence-corrected chi connectivity index (χ2v) is 15.4. The lowest BCUT2D eigenvalue weighted by molar-refractivity contribution is -0.119. The normalized spacial score (nSPS) is 14.9. The Bertz CT molecular complexity index is 2140. The van der Waals surface area contributed by atoms with Crippen LogP contribution in [0.4, 0.5) is 27.6 Å². The number of carboxylic acid groups (broad SMARTS) is 1. The van der Waals surface area contributed by atoms with Crippen LogP contribution in [-0.2, 0) is 27.8 Å². The van der Waals surface area contributed by atoms with Gasteiger partial charge in [-0.05, 0) is 91.5 Å². The van der Waals surface area contributed by atoms with Gasteiger partial charge in [-0.25, -0.2) is 35.2 Å². The molecule has 0 radical (unpaired) electrons. The average molecular weight is 795 g/mol. The Morgan fingerprint density at radius 2 is 1.33 bits per heavy atom. The Morgan fingerprint density at radius 1 is 0.796 bits per heavy atom. The van der Waals surface area contributed by atoms with Crippen molar-refractivity contribution in [1.82, 2.24) is 4.31 Å². The lowest BCUT2D eigenvalue weighted by atomic mass is 10.0. The number of nitrogens with one attached hydrogen (secondary N) is 1. The Labute approximate surface area is 311 Å². The number of phenols is 1. The molecule has 10 nitrogen and oxygen atoms in total. The van der Waals surface area contributed by atoms with Gasteiger partial charge >= 0.3 is 5.97 Å². The van der Waals surface area contributed by atoms with Gasteiger partial charge in [0.25, 0.3) is 0 Å². The number of hydrogen-bond donors (Lipinski definition) is 3. The molecule has 0 heterocycles. The maximum absolute atomic E-state index is 15.3. The van der Waals surface area contributed by atoms with Crippen molar-refractivity contribution in [2.75, 3.05) is 18.5 Å². The van der Waals surface area contributed by atoms with Crippen LogP contribution in [0.3, 0.4) is 0 Å². The summed E-state index contributed by atoms with van der Waals surface area (Å²) in [6.07, 6.45) is 3.28. The number of hydrogen-bond acceptors (Lipinski definition) is 7. The van der Waals surface area contributed by atoms with Crippen molar-refractivity contribution in [3.8, 4) is 17.2 Å². The molecule has 0 spiro atoms. The second-order valence-electron chi connectivity index (χ2n) is 13.1. The standard InChI is InChI=1S/C37H32ClF5N2O8S/c38-23-7-5-19(6-8-23)16-45(54(50,51)35-33(42)31(40)30(39)32(41)34(35)43)28(36(47)44-24-9-10-27(37(48)49)29(46)14-24)13-22-11-25(52-17-20-1-2-20)15-26(12-22)53-18-21-3-4-21/h5-12,14-15,20-21,28,46H,1-4,13,16-18H2,(H,44,47)(H,48,49). The molecule has 1 unspecified atom stereocenters. The predicted octanol–water partition coefficient (Wildman–Crippen LogP) is 7.46. The number of aromatic carboxylic acids is 1. The Morgan fingerprint density at radius 3 is 1.83 bits per heavy atom. The minimum absolute atomic E-state index is 0.100. The number of carbonyl (C=O) groups excluding carboxylic acids is 1. The fourth-order valence-electron chi connectivity index (χ4n) is 5.54. The van der Waals surface area contributed by atoms with Crippen LogP contribution in [0.15, 0.2) is 65.6 Å². The number of benzene rings is 4. The number of aromatic hydroxyl groups is 1. The zero-order valence-corrected chi connectivity index (χ0v) is 29.7. The molecule has 0 aromatic heterocycles. The number of ether oxygens (including phenoxy) is 2. The van der Waals surface area contributed by atoms with Crippen LogP contribution >= 0.6 is 11.6 Å².